The first kappa shape index (κ1) is 16.8. The second-order valence-corrected chi connectivity index (χ2v) is 8.19. The van der Waals surface area contributed by atoms with Gasteiger partial charge in [0.25, 0.3) is 0 Å². The molecule has 1 aromatic heterocycles. The average molecular weight is 310 g/mol. The monoisotopic (exact) mass is 309 g/mol. The van der Waals surface area contributed by atoms with E-state index in [-0.39, 0.29) is 0 Å². The number of rotatable bonds is 5. The highest BCUT2D eigenvalue weighted by Gasteiger charge is 2.29. The number of anilines is 1. The third-order valence-corrected chi connectivity index (χ3v) is 5.79. The predicted octanol–water partition coefficient (Wildman–Crippen LogP) is 4.08. The molecule has 2 heterocycles. The smallest absolute Gasteiger partial charge is 0.185 e. The molecule has 1 N–H and O–H groups in total. The number of thiazole rings is 1. The van der Waals surface area contributed by atoms with Crippen LogP contribution in [0.1, 0.15) is 58.0 Å². The van der Waals surface area contributed by atoms with Gasteiger partial charge in [-0.2, -0.15) is 0 Å². The third kappa shape index (κ3) is 4.19. The Morgan fingerprint density at radius 2 is 1.90 bits per heavy atom. The van der Waals surface area contributed by atoms with Crippen molar-refractivity contribution in [1.29, 1.82) is 0 Å². The molecule has 1 aliphatic heterocycles. The van der Waals surface area contributed by atoms with Crippen LogP contribution < -0.4 is 10.2 Å². The van der Waals surface area contributed by atoms with E-state index in [1.54, 1.807) is 0 Å². The molecule has 0 radical (unpaired) electrons. The van der Waals surface area contributed by atoms with Crippen LogP contribution in [0.4, 0.5) is 5.13 Å². The molecule has 0 bridgehead atoms. The lowest BCUT2D eigenvalue weighted by Gasteiger charge is -2.38. The number of hydrogen-bond donors (Lipinski definition) is 1. The summed E-state index contributed by atoms with van der Waals surface area (Å²) in [6.45, 7) is 15.8. The van der Waals surface area contributed by atoms with E-state index in [4.69, 9.17) is 4.98 Å². The normalized spacial score (nSPS) is 17.5. The van der Waals surface area contributed by atoms with Crippen LogP contribution in [0.5, 0.6) is 0 Å². The van der Waals surface area contributed by atoms with Crippen LogP contribution in [0.2, 0.25) is 0 Å². The second-order valence-electron chi connectivity index (χ2n) is 7.13. The summed E-state index contributed by atoms with van der Waals surface area (Å²) in [4.78, 5) is 8.82. The Kier molecular flexibility index (Phi) is 5.67. The van der Waals surface area contributed by atoms with Crippen LogP contribution >= 0.6 is 11.3 Å². The Balaban J connectivity index is 2.01. The van der Waals surface area contributed by atoms with Gasteiger partial charge < -0.3 is 10.2 Å². The largest absolute Gasteiger partial charge is 0.348 e. The maximum atomic E-state index is 4.90. The molecule has 0 atom stereocenters. The van der Waals surface area contributed by atoms with Gasteiger partial charge in [0, 0.05) is 24.5 Å². The van der Waals surface area contributed by atoms with Crippen molar-refractivity contribution in [1.82, 2.24) is 10.3 Å². The number of aryl methyl sites for hydroxylation is 1. The second kappa shape index (κ2) is 7.10. The summed E-state index contributed by atoms with van der Waals surface area (Å²) in [6, 6.07) is 0. The van der Waals surface area contributed by atoms with Crippen LogP contribution in [0.3, 0.4) is 0 Å². The number of aromatic nitrogens is 1. The molecule has 0 saturated carbocycles. The molecule has 120 valence electrons. The summed E-state index contributed by atoms with van der Waals surface area (Å²) < 4.78 is 0. The summed E-state index contributed by atoms with van der Waals surface area (Å²) in [5, 5.41) is 4.68. The van der Waals surface area contributed by atoms with Crippen molar-refractivity contribution in [3.05, 3.63) is 10.6 Å². The summed E-state index contributed by atoms with van der Waals surface area (Å²) in [5.74, 6) is 0.848. The van der Waals surface area contributed by atoms with Gasteiger partial charge in [-0.25, -0.2) is 4.98 Å². The van der Waals surface area contributed by atoms with E-state index < -0.39 is 0 Å². The van der Waals surface area contributed by atoms with Gasteiger partial charge in [-0.15, -0.1) is 11.3 Å². The molecule has 0 spiro atoms. The fourth-order valence-electron chi connectivity index (χ4n) is 3.09. The van der Waals surface area contributed by atoms with Crippen LogP contribution in [0.15, 0.2) is 0 Å². The van der Waals surface area contributed by atoms with Crippen molar-refractivity contribution >= 4 is 16.5 Å². The lowest BCUT2D eigenvalue weighted by molar-refractivity contribution is 0.199. The number of nitrogens with zero attached hydrogens (tertiary/aromatic N) is 2. The van der Waals surface area contributed by atoms with Gasteiger partial charge in [0.1, 0.15) is 0 Å². The Morgan fingerprint density at radius 3 is 2.43 bits per heavy atom. The van der Waals surface area contributed by atoms with Crippen molar-refractivity contribution in [3.8, 4) is 0 Å². The molecule has 0 amide bonds. The zero-order valence-electron chi connectivity index (χ0n) is 14.3. The van der Waals surface area contributed by atoms with E-state index in [2.05, 4.69) is 44.8 Å². The number of piperidine rings is 1. The topological polar surface area (TPSA) is 28.2 Å². The summed E-state index contributed by atoms with van der Waals surface area (Å²) in [5.41, 5.74) is 1.73. The van der Waals surface area contributed by atoms with Crippen molar-refractivity contribution in [2.24, 2.45) is 11.3 Å². The van der Waals surface area contributed by atoms with Gasteiger partial charge in [-0.05, 0) is 37.1 Å². The van der Waals surface area contributed by atoms with E-state index in [0.717, 1.165) is 25.4 Å². The molecule has 0 aromatic carbocycles. The lowest BCUT2D eigenvalue weighted by atomic mass is 9.75. The Hall–Kier alpha value is -0.610. The van der Waals surface area contributed by atoms with E-state index in [1.807, 2.05) is 11.3 Å². The van der Waals surface area contributed by atoms with Crippen molar-refractivity contribution in [3.63, 3.8) is 0 Å². The predicted molar refractivity (Wildman–Crippen MR) is 93.3 cm³/mol. The van der Waals surface area contributed by atoms with E-state index in [9.17, 15) is 0 Å². The van der Waals surface area contributed by atoms with Crippen LogP contribution in [-0.2, 0) is 13.0 Å². The fourth-order valence-corrected chi connectivity index (χ4v) is 4.26. The minimum Gasteiger partial charge on any atom is -0.348 e. The van der Waals surface area contributed by atoms with Gasteiger partial charge >= 0.3 is 0 Å². The maximum absolute atomic E-state index is 4.90. The maximum Gasteiger partial charge on any atom is 0.185 e. The molecular weight excluding hydrogens is 278 g/mol. The minimum absolute atomic E-state index is 0.444. The highest BCUT2D eigenvalue weighted by molar-refractivity contribution is 7.15. The summed E-state index contributed by atoms with van der Waals surface area (Å²) in [7, 11) is 0. The first-order valence-electron chi connectivity index (χ1n) is 8.40. The van der Waals surface area contributed by atoms with Crippen LogP contribution in [-0.4, -0.2) is 24.6 Å². The zero-order valence-corrected chi connectivity index (χ0v) is 15.1. The molecule has 2 rings (SSSR count). The first-order chi connectivity index (χ1) is 9.95. The average Bonchev–Trinajstić information content (AvgIpc) is 2.87. The fraction of sp³-hybridized carbons (Fsp3) is 0.824. The Labute approximate surface area is 134 Å². The number of nitrogens with one attached hydrogen (secondary N) is 1. The van der Waals surface area contributed by atoms with Gasteiger partial charge in [0.15, 0.2) is 5.13 Å². The third-order valence-electron chi connectivity index (χ3n) is 4.63. The molecule has 1 aliphatic rings. The van der Waals surface area contributed by atoms with Crippen LogP contribution in [0.25, 0.3) is 0 Å². The van der Waals surface area contributed by atoms with Crippen molar-refractivity contribution < 1.29 is 0 Å². The molecule has 4 heteroatoms. The van der Waals surface area contributed by atoms with Gasteiger partial charge in [0.05, 0.1) is 5.69 Å². The van der Waals surface area contributed by atoms with Crippen molar-refractivity contribution in [2.75, 3.05) is 24.5 Å². The Morgan fingerprint density at radius 1 is 1.24 bits per heavy atom. The number of hydrogen-bond acceptors (Lipinski definition) is 4. The van der Waals surface area contributed by atoms with E-state index in [0.29, 0.717) is 5.41 Å². The molecule has 1 fully saturated rings. The molecule has 3 nitrogen and oxygen atoms in total. The molecule has 1 aromatic rings. The molecule has 1 saturated heterocycles. The molecule has 0 unspecified atom stereocenters. The Bertz CT molecular complexity index is 439. The highest BCUT2D eigenvalue weighted by Crippen LogP contribution is 2.37. The zero-order chi connectivity index (χ0) is 15.5. The molecular formula is C17H31N3S. The van der Waals surface area contributed by atoms with Gasteiger partial charge in [-0.1, -0.05) is 34.6 Å². The summed E-state index contributed by atoms with van der Waals surface area (Å²) in [6.07, 6.45) is 3.63. The van der Waals surface area contributed by atoms with E-state index >= 15 is 0 Å². The van der Waals surface area contributed by atoms with Crippen molar-refractivity contribution in [2.45, 2.75) is 60.4 Å². The van der Waals surface area contributed by atoms with Gasteiger partial charge in [-0.3, -0.25) is 0 Å². The standard InChI is InChI=1S/C17H31N3S/c1-6-14-15(12-18-7-2)21-16(19-14)20-10-8-13(9-11-20)17(3,4)5/h13,18H,6-12H2,1-5H3. The quantitative estimate of drug-likeness (QED) is 0.888. The molecule has 21 heavy (non-hydrogen) atoms. The highest BCUT2D eigenvalue weighted by atomic mass is 32.1. The lowest BCUT2D eigenvalue weighted by Crippen LogP contribution is -2.38. The minimum atomic E-state index is 0.444. The molecule has 0 aliphatic carbocycles. The van der Waals surface area contributed by atoms with Crippen LogP contribution in [0, 0.1) is 11.3 Å². The summed E-state index contributed by atoms with van der Waals surface area (Å²) >= 11 is 1.89. The van der Waals surface area contributed by atoms with E-state index in [1.165, 1.54) is 41.6 Å². The van der Waals surface area contributed by atoms with Gasteiger partial charge in [0.2, 0.25) is 0 Å². The SMILES string of the molecule is CCNCc1sc(N2CCC(C(C)(C)C)CC2)nc1CC. The first-order valence-corrected chi connectivity index (χ1v) is 9.21.